The lowest BCUT2D eigenvalue weighted by Gasteiger charge is -2.24. The number of nitrogens with two attached hydrogens (primary N) is 1. The third-order valence-corrected chi connectivity index (χ3v) is 5.73. The summed E-state index contributed by atoms with van der Waals surface area (Å²) in [4.78, 5) is 0.836. The van der Waals surface area contributed by atoms with Gasteiger partial charge in [-0.1, -0.05) is 5.16 Å². The van der Waals surface area contributed by atoms with Crippen molar-refractivity contribution < 1.29 is 13.6 Å². The van der Waals surface area contributed by atoms with Gasteiger partial charge in [0, 0.05) is 4.88 Å². The number of rotatable bonds is 4. The van der Waals surface area contributed by atoms with Crippen molar-refractivity contribution in [3.8, 4) is 0 Å². The Labute approximate surface area is 118 Å². The number of hydrogen-bond acceptors (Lipinski definition) is 5. The molecule has 1 aromatic rings. The van der Waals surface area contributed by atoms with Gasteiger partial charge in [-0.25, -0.2) is 8.42 Å². The third-order valence-electron chi connectivity index (χ3n) is 2.27. The lowest BCUT2D eigenvalue weighted by Crippen LogP contribution is -2.53. The molecule has 0 unspecified atom stereocenters. The van der Waals surface area contributed by atoms with E-state index < -0.39 is 15.6 Å². The van der Waals surface area contributed by atoms with Gasteiger partial charge in [-0.2, -0.15) is 4.72 Å². The van der Waals surface area contributed by atoms with Crippen molar-refractivity contribution in [2.45, 2.75) is 31.2 Å². The van der Waals surface area contributed by atoms with E-state index in [-0.39, 0.29) is 10.7 Å². The highest BCUT2D eigenvalue weighted by Gasteiger charge is 2.31. The number of nitrogens with one attached hydrogen (secondary N) is 1. The molecule has 0 aliphatic carbocycles. The van der Waals surface area contributed by atoms with Gasteiger partial charge in [0.05, 0.1) is 14.2 Å². The maximum absolute atomic E-state index is 12.2. The molecule has 0 aliphatic heterocycles. The van der Waals surface area contributed by atoms with E-state index in [1.165, 1.54) is 31.3 Å². The van der Waals surface area contributed by atoms with Crippen molar-refractivity contribution in [1.29, 1.82) is 0 Å². The van der Waals surface area contributed by atoms with E-state index in [1.807, 2.05) is 0 Å². The highest BCUT2D eigenvalue weighted by molar-refractivity contribution is 9.11. The molecule has 0 aromatic carbocycles. The fraction of sp³-hybridized carbons (Fsp3) is 0.444. The predicted octanol–water partition coefficient (Wildman–Crippen LogP) is 1.62. The van der Waals surface area contributed by atoms with Crippen molar-refractivity contribution in [1.82, 2.24) is 4.72 Å². The molecule has 0 saturated heterocycles. The zero-order valence-electron chi connectivity index (χ0n) is 10.1. The molecule has 0 bridgehead atoms. The van der Waals surface area contributed by atoms with Gasteiger partial charge in [0.1, 0.15) is 0 Å². The summed E-state index contributed by atoms with van der Waals surface area (Å²) >= 11 is 4.56. The van der Waals surface area contributed by atoms with Crippen LogP contribution in [0.4, 0.5) is 0 Å². The molecule has 6 nitrogen and oxygen atoms in total. The number of aryl methyl sites for hydroxylation is 1. The molecule has 0 amide bonds. The highest BCUT2D eigenvalue weighted by Crippen LogP contribution is 2.30. The van der Waals surface area contributed by atoms with E-state index in [0.29, 0.717) is 4.88 Å². The van der Waals surface area contributed by atoms with Crippen molar-refractivity contribution >= 4 is 43.1 Å². The molecule has 0 atom stereocenters. The standard InChI is InChI=1S/C9H14BrN3O3S2/c1-5-6(4-7(10)17-5)18(15,16)13-9(2,3)8(11)12-14/h4,13-14H,1-3H3,(H2,11,12). The first kappa shape index (κ1) is 15.4. The Morgan fingerprint density at radius 1 is 1.61 bits per heavy atom. The van der Waals surface area contributed by atoms with Gasteiger partial charge >= 0.3 is 0 Å². The number of hydrogen-bond donors (Lipinski definition) is 3. The second kappa shape index (κ2) is 5.16. The normalized spacial score (nSPS) is 13.9. The number of sulfonamides is 1. The molecule has 0 saturated carbocycles. The van der Waals surface area contributed by atoms with Crippen LogP contribution in [0.2, 0.25) is 0 Å². The number of amidine groups is 1. The summed E-state index contributed by atoms with van der Waals surface area (Å²) < 4.78 is 27.5. The van der Waals surface area contributed by atoms with Crippen LogP contribution in [0.25, 0.3) is 0 Å². The maximum Gasteiger partial charge on any atom is 0.242 e. The molecule has 4 N–H and O–H groups in total. The number of halogens is 1. The summed E-state index contributed by atoms with van der Waals surface area (Å²) in [5.74, 6) is -0.210. The van der Waals surface area contributed by atoms with Gasteiger partial charge in [-0.3, -0.25) is 0 Å². The van der Waals surface area contributed by atoms with Crippen LogP contribution >= 0.6 is 27.3 Å². The number of thiophene rings is 1. The quantitative estimate of drug-likeness (QED) is 0.330. The molecule has 9 heteroatoms. The lowest BCUT2D eigenvalue weighted by molar-refractivity contribution is 0.312. The van der Waals surface area contributed by atoms with Gasteiger partial charge < -0.3 is 10.9 Å². The van der Waals surface area contributed by atoms with Gasteiger partial charge in [-0.05, 0) is 42.8 Å². The molecule has 0 spiro atoms. The Balaban J connectivity index is 3.14. The molecule has 0 fully saturated rings. The van der Waals surface area contributed by atoms with Crippen LogP contribution in [0, 0.1) is 6.92 Å². The van der Waals surface area contributed by atoms with E-state index in [9.17, 15) is 8.42 Å². The van der Waals surface area contributed by atoms with Gasteiger partial charge in [0.15, 0.2) is 5.84 Å². The van der Waals surface area contributed by atoms with Gasteiger partial charge in [0.25, 0.3) is 0 Å². The molecular weight excluding hydrogens is 342 g/mol. The van der Waals surface area contributed by atoms with Crippen LogP contribution in [0.3, 0.4) is 0 Å². The second-order valence-electron chi connectivity index (χ2n) is 4.19. The van der Waals surface area contributed by atoms with E-state index in [2.05, 4.69) is 25.8 Å². The number of oxime groups is 1. The summed E-state index contributed by atoms with van der Waals surface area (Å²) in [6, 6.07) is 1.52. The fourth-order valence-electron chi connectivity index (χ4n) is 1.27. The van der Waals surface area contributed by atoms with Gasteiger partial charge in [0.2, 0.25) is 10.0 Å². The summed E-state index contributed by atoms with van der Waals surface area (Å²) in [7, 11) is -3.72. The summed E-state index contributed by atoms with van der Waals surface area (Å²) in [5.41, 5.74) is 4.27. The van der Waals surface area contributed by atoms with Crippen molar-refractivity contribution in [3.05, 3.63) is 14.7 Å². The molecule has 18 heavy (non-hydrogen) atoms. The average molecular weight is 356 g/mol. The molecular formula is C9H14BrN3O3S2. The molecule has 0 aliphatic rings. The molecule has 0 radical (unpaired) electrons. The predicted molar refractivity (Wildman–Crippen MR) is 74.6 cm³/mol. The van der Waals surface area contributed by atoms with Crippen LogP contribution in [0.1, 0.15) is 18.7 Å². The first-order valence-corrected chi connectivity index (χ1v) is 7.97. The highest BCUT2D eigenvalue weighted by atomic mass is 79.9. The first-order chi connectivity index (χ1) is 8.10. The molecule has 1 heterocycles. The van der Waals surface area contributed by atoms with Gasteiger partial charge in [-0.15, -0.1) is 11.3 Å². The molecule has 102 valence electrons. The monoisotopic (exact) mass is 355 g/mol. The lowest BCUT2D eigenvalue weighted by atomic mass is 10.1. The van der Waals surface area contributed by atoms with Crippen molar-refractivity contribution in [2.75, 3.05) is 0 Å². The fourth-order valence-corrected chi connectivity index (χ4v) is 5.07. The van der Waals surface area contributed by atoms with Crippen molar-refractivity contribution in [2.24, 2.45) is 10.9 Å². The minimum Gasteiger partial charge on any atom is -0.409 e. The van der Waals surface area contributed by atoms with E-state index in [1.54, 1.807) is 6.92 Å². The Bertz CT molecular complexity index is 578. The number of nitrogens with zero attached hydrogens (tertiary/aromatic N) is 1. The largest absolute Gasteiger partial charge is 0.409 e. The Kier molecular flexibility index (Phi) is 4.42. The summed E-state index contributed by atoms with van der Waals surface area (Å²) in [5, 5.41) is 11.4. The third kappa shape index (κ3) is 3.22. The molecule has 1 rings (SSSR count). The van der Waals surface area contributed by atoms with Crippen LogP contribution in [-0.2, 0) is 10.0 Å². The minimum absolute atomic E-state index is 0.179. The summed E-state index contributed by atoms with van der Waals surface area (Å²) in [6.07, 6.45) is 0. The van der Waals surface area contributed by atoms with Crippen molar-refractivity contribution in [3.63, 3.8) is 0 Å². The molecule has 1 aromatic heterocycles. The smallest absolute Gasteiger partial charge is 0.242 e. The van der Waals surface area contributed by atoms with Crippen LogP contribution in [0.5, 0.6) is 0 Å². The van der Waals surface area contributed by atoms with E-state index >= 15 is 0 Å². The zero-order valence-corrected chi connectivity index (χ0v) is 13.3. The Morgan fingerprint density at radius 2 is 2.17 bits per heavy atom. The maximum atomic E-state index is 12.2. The zero-order chi connectivity index (χ0) is 14.1. The van der Waals surface area contributed by atoms with E-state index in [0.717, 1.165) is 3.79 Å². The first-order valence-electron chi connectivity index (χ1n) is 4.88. The SMILES string of the molecule is Cc1sc(Br)cc1S(=O)(=O)NC(C)(C)C(N)=NO. The van der Waals surface area contributed by atoms with Crippen LogP contribution < -0.4 is 10.5 Å². The van der Waals surface area contributed by atoms with Crippen LogP contribution in [-0.4, -0.2) is 25.0 Å². The van der Waals surface area contributed by atoms with Crippen LogP contribution in [0.15, 0.2) is 19.9 Å². The second-order valence-corrected chi connectivity index (χ2v) is 8.47. The summed E-state index contributed by atoms with van der Waals surface area (Å²) in [6.45, 7) is 4.73. The Morgan fingerprint density at radius 3 is 2.56 bits per heavy atom. The topological polar surface area (TPSA) is 105 Å². The van der Waals surface area contributed by atoms with E-state index in [4.69, 9.17) is 10.9 Å². The Hall–Kier alpha value is -0.640. The average Bonchev–Trinajstić information content (AvgIpc) is 2.55. The minimum atomic E-state index is -3.72.